The zero-order chi connectivity index (χ0) is 23.3. The molecule has 1 N–H and O–H groups in total. The lowest BCUT2D eigenvalue weighted by Crippen LogP contribution is -2.28. The Labute approximate surface area is 204 Å². The highest BCUT2D eigenvalue weighted by Crippen LogP contribution is 2.38. The highest BCUT2D eigenvalue weighted by molar-refractivity contribution is 14.1. The van der Waals surface area contributed by atoms with Crippen molar-refractivity contribution in [3.8, 4) is 11.5 Å². The third kappa shape index (κ3) is 5.44. The number of thioether (sulfide) groups is 1. The van der Waals surface area contributed by atoms with Gasteiger partial charge in [-0.05, 0) is 103 Å². The number of ether oxygens (including phenoxy) is 2. The van der Waals surface area contributed by atoms with Crippen LogP contribution in [0, 0.1) is 3.57 Å². The van der Waals surface area contributed by atoms with Gasteiger partial charge in [-0.2, -0.15) is 0 Å². The number of hydrogen-bond donors (Lipinski definition) is 1. The Morgan fingerprint density at radius 2 is 1.84 bits per heavy atom. The third-order valence-electron chi connectivity index (χ3n) is 4.46. The van der Waals surface area contributed by atoms with Gasteiger partial charge in [0.2, 0.25) is 0 Å². The first-order valence-corrected chi connectivity index (χ1v) is 12.0. The average molecular weight is 566 g/mol. The number of halogens is 1. The quantitative estimate of drug-likeness (QED) is 0.340. The summed E-state index contributed by atoms with van der Waals surface area (Å²) in [6.07, 6.45) is 1.83. The van der Waals surface area contributed by atoms with E-state index in [0.717, 1.165) is 9.13 Å². The maximum absolute atomic E-state index is 13.0. The number of amides is 1. The van der Waals surface area contributed by atoms with Crippen molar-refractivity contribution in [1.82, 2.24) is 4.90 Å². The van der Waals surface area contributed by atoms with Crippen molar-refractivity contribution < 1.29 is 24.2 Å². The van der Waals surface area contributed by atoms with Gasteiger partial charge in [-0.1, -0.05) is 0 Å². The minimum atomic E-state index is -0.994. The molecule has 0 unspecified atom stereocenters. The Bertz CT molecular complexity index is 1080. The van der Waals surface area contributed by atoms with Crippen molar-refractivity contribution in [1.29, 1.82) is 0 Å². The zero-order valence-corrected chi connectivity index (χ0v) is 20.9. The summed E-state index contributed by atoms with van der Waals surface area (Å²) in [5.41, 5.74) is 1.60. The Morgan fingerprint density at radius 1 is 1.16 bits per heavy atom. The normalized spacial score (nSPS) is 16.1. The highest BCUT2D eigenvalue weighted by Gasteiger charge is 2.32. The topological polar surface area (TPSA) is 88.4 Å². The molecule has 0 radical (unpaired) electrons. The molecule has 9 heteroatoms. The molecule has 0 aliphatic carbocycles. The number of aromatic carboxylic acids is 1. The van der Waals surface area contributed by atoms with Gasteiger partial charge in [0.15, 0.2) is 16.7 Å². The van der Waals surface area contributed by atoms with Crippen LogP contribution >= 0.6 is 34.4 Å². The largest absolute Gasteiger partial charge is 0.490 e. The van der Waals surface area contributed by atoms with Crippen LogP contribution in [-0.2, 0) is 4.79 Å². The van der Waals surface area contributed by atoms with Crippen LogP contribution in [0.1, 0.15) is 36.7 Å². The Balaban J connectivity index is 1.93. The van der Waals surface area contributed by atoms with Crippen LogP contribution in [0.15, 0.2) is 46.3 Å². The van der Waals surface area contributed by atoms with Gasteiger partial charge in [0, 0.05) is 6.54 Å². The maximum Gasteiger partial charge on any atom is 0.335 e. The van der Waals surface area contributed by atoms with Crippen LogP contribution in [0.5, 0.6) is 11.5 Å². The van der Waals surface area contributed by atoms with Crippen molar-refractivity contribution in [2.45, 2.75) is 20.8 Å². The number of carbonyl (C=O) groups is 2. The van der Waals surface area contributed by atoms with E-state index in [9.17, 15) is 9.59 Å². The molecule has 3 rings (SSSR count). The molecule has 1 aliphatic heterocycles. The van der Waals surface area contributed by atoms with Crippen LogP contribution in [0.25, 0.3) is 6.08 Å². The number of likely N-dealkylation sites (N-methyl/N-ethyl adjacent to an activating group) is 1. The van der Waals surface area contributed by atoms with Crippen molar-refractivity contribution in [2.75, 3.05) is 19.8 Å². The molecule has 0 spiro atoms. The number of carboxylic acid groups (broad SMARTS) is 1. The molecule has 0 saturated carbocycles. The number of nitrogens with zero attached hydrogens (tertiary/aromatic N) is 2. The predicted molar refractivity (Wildman–Crippen MR) is 135 cm³/mol. The fraction of sp³-hybridized carbons (Fsp3) is 0.261. The van der Waals surface area contributed by atoms with Crippen LogP contribution in [0.2, 0.25) is 0 Å². The van der Waals surface area contributed by atoms with Crippen molar-refractivity contribution in [3.63, 3.8) is 0 Å². The molecule has 1 heterocycles. The van der Waals surface area contributed by atoms with Gasteiger partial charge >= 0.3 is 5.97 Å². The minimum Gasteiger partial charge on any atom is -0.490 e. The SMILES string of the molecule is CCOc1cc(C=C2SC(=Nc3ccc(C(=O)O)cc3)N(CC)C2=O)cc(I)c1OCC. The molecule has 1 fully saturated rings. The molecular formula is C23H23IN2O5S. The van der Waals surface area contributed by atoms with E-state index in [1.807, 2.05) is 39.0 Å². The standard InChI is InChI=1S/C23H23IN2O5S/c1-4-26-21(27)19(32-23(26)25-16-9-7-15(8-10-16)22(28)29)13-14-11-17(24)20(31-6-3)18(12-14)30-5-2/h7-13H,4-6H2,1-3H3,(H,28,29). The molecule has 7 nitrogen and oxygen atoms in total. The summed E-state index contributed by atoms with van der Waals surface area (Å²) in [7, 11) is 0. The van der Waals surface area contributed by atoms with Crippen LogP contribution in [0.4, 0.5) is 5.69 Å². The molecule has 168 valence electrons. The minimum absolute atomic E-state index is 0.125. The lowest BCUT2D eigenvalue weighted by atomic mass is 10.2. The first-order valence-electron chi connectivity index (χ1n) is 10.1. The summed E-state index contributed by atoms with van der Waals surface area (Å²) >= 11 is 3.49. The smallest absolute Gasteiger partial charge is 0.335 e. The fourth-order valence-electron chi connectivity index (χ4n) is 3.03. The number of aliphatic imine (C=N–C) groups is 1. The number of benzene rings is 2. The van der Waals surface area contributed by atoms with E-state index in [1.54, 1.807) is 17.0 Å². The van der Waals surface area contributed by atoms with E-state index in [1.165, 1.54) is 23.9 Å². The lowest BCUT2D eigenvalue weighted by Gasteiger charge is -2.14. The monoisotopic (exact) mass is 566 g/mol. The van der Waals surface area contributed by atoms with E-state index in [0.29, 0.717) is 47.0 Å². The van der Waals surface area contributed by atoms with Crippen LogP contribution < -0.4 is 9.47 Å². The van der Waals surface area contributed by atoms with E-state index in [4.69, 9.17) is 14.6 Å². The van der Waals surface area contributed by atoms with Crippen molar-refractivity contribution >= 4 is 63.2 Å². The molecule has 0 atom stereocenters. The number of carbonyl (C=O) groups excluding carboxylic acids is 1. The molecule has 0 aromatic heterocycles. The van der Waals surface area contributed by atoms with Gasteiger partial charge in [0.1, 0.15) is 0 Å². The van der Waals surface area contributed by atoms with E-state index >= 15 is 0 Å². The number of hydrogen-bond acceptors (Lipinski definition) is 6. The first-order chi connectivity index (χ1) is 15.4. The van der Waals surface area contributed by atoms with E-state index in [-0.39, 0.29) is 11.5 Å². The second-order valence-electron chi connectivity index (χ2n) is 6.60. The van der Waals surface area contributed by atoms with Gasteiger partial charge in [-0.15, -0.1) is 0 Å². The second kappa shape index (κ2) is 10.9. The zero-order valence-electron chi connectivity index (χ0n) is 17.9. The molecule has 1 aliphatic rings. The Morgan fingerprint density at radius 3 is 2.44 bits per heavy atom. The van der Waals surface area contributed by atoms with Gasteiger partial charge in [0.05, 0.1) is 32.9 Å². The Hall–Kier alpha value is -2.53. The Kier molecular flexibility index (Phi) is 8.19. The molecule has 1 saturated heterocycles. The van der Waals surface area contributed by atoms with E-state index in [2.05, 4.69) is 27.6 Å². The average Bonchev–Trinajstić information content (AvgIpc) is 3.05. The molecule has 32 heavy (non-hydrogen) atoms. The van der Waals surface area contributed by atoms with Crippen LogP contribution in [-0.4, -0.2) is 46.8 Å². The van der Waals surface area contributed by atoms with Gasteiger partial charge < -0.3 is 14.6 Å². The van der Waals surface area contributed by atoms with Gasteiger partial charge in [-0.3, -0.25) is 9.69 Å². The molecule has 2 aromatic rings. The summed E-state index contributed by atoms with van der Waals surface area (Å²) in [6.45, 7) is 7.23. The second-order valence-corrected chi connectivity index (χ2v) is 8.77. The summed E-state index contributed by atoms with van der Waals surface area (Å²) in [4.78, 5) is 30.7. The number of carboxylic acids is 1. The first kappa shape index (κ1) is 24.1. The maximum atomic E-state index is 13.0. The van der Waals surface area contributed by atoms with Crippen molar-refractivity contribution in [2.24, 2.45) is 4.99 Å². The number of amidine groups is 1. The summed E-state index contributed by atoms with van der Waals surface area (Å²) < 4.78 is 12.4. The summed E-state index contributed by atoms with van der Waals surface area (Å²) in [6, 6.07) is 10.1. The fourth-order valence-corrected chi connectivity index (χ4v) is 4.87. The highest BCUT2D eigenvalue weighted by atomic mass is 127. The predicted octanol–water partition coefficient (Wildman–Crippen LogP) is 5.41. The van der Waals surface area contributed by atoms with Crippen molar-refractivity contribution in [3.05, 3.63) is 56.0 Å². The molecule has 2 aromatic carbocycles. The molecule has 1 amide bonds. The van der Waals surface area contributed by atoms with Crippen LogP contribution in [0.3, 0.4) is 0 Å². The number of rotatable bonds is 8. The van der Waals surface area contributed by atoms with Gasteiger partial charge in [0.25, 0.3) is 5.91 Å². The summed E-state index contributed by atoms with van der Waals surface area (Å²) in [5.74, 6) is 0.222. The molecular weight excluding hydrogens is 543 g/mol. The molecule has 0 bridgehead atoms. The van der Waals surface area contributed by atoms with E-state index < -0.39 is 5.97 Å². The lowest BCUT2D eigenvalue weighted by molar-refractivity contribution is -0.122. The van der Waals surface area contributed by atoms with Gasteiger partial charge in [-0.25, -0.2) is 9.79 Å². The summed E-state index contributed by atoms with van der Waals surface area (Å²) in [5, 5.41) is 9.60. The third-order valence-corrected chi connectivity index (χ3v) is 6.27.